The second kappa shape index (κ2) is 7.25. The van der Waals surface area contributed by atoms with Crippen molar-refractivity contribution >= 4 is 34.1 Å². The zero-order chi connectivity index (χ0) is 18.7. The molecule has 1 atom stereocenters. The van der Waals surface area contributed by atoms with E-state index in [4.69, 9.17) is 4.74 Å². The van der Waals surface area contributed by atoms with Crippen molar-refractivity contribution in [2.24, 2.45) is 0 Å². The number of nitrogens with one attached hydrogen (secondary N) is 1. The monoisotopic (exact) mass is 368 g/mol. The minimum absolute atomic E-state index is 0.356. The first-order chi connectivity index (χ1) is 12.3. The summed E-state index contributed by atoms with van der Waals surface area (Å²) in [6, 6.07) is 12.6. The third-order valence-corrected chi connectivity index (χ3v) is 4.46. The van der Waals surface area contributed by atoms with Crippen LogP contribution in [0.1, 0.15) is 42.1 Å². The highest BCUT2D eigenvalue weighted by Crippen LogP contribution is 2.25. The Hall–Kier alpha value is -2.73. The Morgan fingerprint density at radius 1 is 1.15 bits per heavy atom. The third kappa shape index (κ3) is 4.26. The number of hydrogen-bond acceptors (Lipinski definition) is 5. The summed E-state index contributed by atoms with van der Waals surface area (Å²) in [4.78, 5) is 30.0. The second-order valence-electron chi connectivity index (χ2n) is 6.96. The molecule has 0 spiro atoms. The lowest BCUT2D eigenvalue weighted by molar-refractivity contribution is -0.131. The van der Waals surface area contributed by atoms with Gasteiger partial charge in [0.05, 0.1) is 5.52 Å². The Kier molecular flexibility index (Phi) is 5.04. The van der Waals surface area contributed by atoms with Crippen molar-refractivity contribution in [1.29, 1.82) is 0 Å². The Balaban J connectivity index is 1.95. The van der Waals surface area contributed by atoms with Gasteiger partial charge in [-0.15, -0.1) is 11.3 Å². The van der Waals surface area contributed by atoms with Gasteiger partial charge < -0.3 is 10.1 Å². The molecular weight excluding hydrogens is 348 g/mol. The summed E-state index contributed by atoms with van der Waals surface area (Å²) >= 11 is 1.28. The first-order valence-electron chi connectivity index (χ1n) is 8.25. The van der Waals surface area contributed by atoms with Crippen molar-refractivity contribution < 1.29 is 14.3 Å². The van der Waals surface area contributed by atoms with Crippen LogP contribution in [0.3, 0.4) is 0 Å². The predicted octanol–water partition coefficient (Wildman–Crippen LogP) is 4.11. The van der Waals surface area contributed by atoms with E-state index < -0.39 is 17.6 Å². The van der Waals surface area contributed by atoms with Crippen LogP contribution in [0.2, 0.25) is 0 Å². The molecule has 1 N–H and O–H groups in total. The SMILES string of the molecule is CC(C)(C)NC(=O)C(OC(=O)c1cccs1)c1ccc2ncccc2c1. The van der Waals surface area contributed by atoms with E-state index in [1.54, 1.807) is 29.8 Å². The Bertz CT molecular complexity index is 930. The molecule has 0 saturated carbocycles. The molecule has 0 saturated heterocycles. The number of carbonyl (C=O) groups is 2. The molecule has 0 radical (unpaired) electrons. The number of ether oxygens (including phenoxy) is 1. The number of nitrogens with zero attached hydrogens (tertiary/aromatic N) is 1. The van der Waals surface area contributed by atoms with Gasteiger partial charge in [0.1, 0.15) is 4.88 Å². The van der Waals surface area contributed by atoms with E-state index in [2.05, 4.69) is 10.3 Å². The fourth-order valence-electron chi connectivity index (χ4n) is 2.53. The molecule has 3 aromatic rings. The average Bonchev–Trinajstić information content (AvgIpc) is 3.12. The van der Waals surface area contributed by atoms with E-state index in [9.17, 15) is 9.59 Å². The number of hydrogen-bond donors (Lipinski definition) is 1. The molecule has 6 heteroatoms. The first kappa shape index (κ1) is 18.1. The number of rotatable bonds is 4. The molecule has 2 heterocycles. The lowest BCUT2D eigenvalue weighted by atomic mass is 10.0. The van der Waals surface area contributed by atoms with Crippen LogP contribution < -0.4 is 5.32 Å². The molecule has 0 fully saturated rings. The maximum atomic E-state index is 12.8. The summed E-state index contributed by atoms with van der Waals surface area (Å²) < 4.78 is 5.58. The van der Waals surface area contributed by atoms with Crippen molar-refractivity contribution in [3.8, 4) is 0 Å². The zero-order valence-electron chi connectivity index (χ0n) is 14.9. The third-order valence-electron chi connectivity index (χ3n) is 3.61. The summed E-state index contributed by atoms with van der Waals surface area (Å²) in [6.07, 6.45) is 0.677. The standard InChI is InChI=1S/C20H20N2O3S/c1-20(2,3)22-18(23)17(25-19(24)16-7-5-11-26-16)14-8-9-15-13(12-14)6-4-10-21-15/h4-12,17H,1-3H3,(H,22,23). The summed E-state index contributed by atoms with van der Waals surface area (Å²) in [5, 5.41) is 5.56. The van der Waals surface area contributed by atoms with E-state index in [0.717, 1.165) is 10.9 Å². The number of carbonyl (C=O) groups excluding carboxylic acids is 2. The molecule has 26 heavy (non-hydrogen) atoms. The second-order valence-corrected chi connectivity index (χ2v) is 7.91. The van der Waals surface area contributed by atoms with Crippen LogP contribution >= 0.6 is 11.3 Å². The van der Waals surface area contributed by atoms with Gasteiger partial charge in [-0.1, -0.05) is 18.2 Å². The van der Waals surface area contributed by atoms with E-state index in [1.165, 1.54) is 11.3 Å². The average molecular weight is 368 g/mol. The molecule has 134 valence electrons. The van der Waals surface area contributed by atoms with Gasteiger partial charge in [0.15, 0.2) is 0 Å². The summed E-state index contributed by atoms with van der Waals surface area (Å²) in [5.41, 5.74) is 0.983. The van der Waals surface area contributed by atoms with Gasteiger partial charge >= 0.3 is 5.97 Å². The number of fused-ring (bicyclic) bond motifs is 1. The molecule has 0 aliphatic carbocycles. The quantitative estimate of drug-likeness (QED) is 0.704. The lowest BCUT2D eigenvalue weighted by Gasteiger charge is -2.25. The molecule has 3 rings (SSSR count). The molecule has 0 aliphatic heterocycles. The van der Waals surface area contributed by atoms with Crippen molar-refractivity contribution in [2.45, 2.75) is 32.4 Å². The predicted molar refractivity (Wildman–Crippen MR) is 102 cm³/mol. The highest BCUT2D eigenvalue weighted by atomic mass is 32.1. The van der Waals surface area contributed by atoms with Gasteiger partial charge in [-0.3, -0.25) is 9.78 Å². The molecular formula is C20H20N2O3S. The summed E-state index contributed by atoms with van der Waals surface area (Å²) in [7, 11) is 0. The van der Waals surface area contributed by atoms with Crippen LogP contribution in [0.4, 0.5) is 0 Å². The number of amides is 1. The minimum atomic E-state index is -1.03. The minimum Gasteiger partial charge on any atom is -0.443 e. The molecule has 1 unspecified atom stereocenters. The van der Waals surface area contributed by atoms with E-state index in [1.807, 2.05) is 45.0 Å². The number of aromatic nitrogens is 1. The van der Waals surface area contributed by atoms with Gasteiger partial charge in [0, 0.05) is 22.7 Å². The Morgan fingerprint density at radius 2 is 1.96 bits per heavy atom. The van der Waals surface area contributed by atoms with Crippen molar-refractivity contribution in [2.75, 3.05) is 0 Å². The number of thiophene rings is 1. The van der Waals surface area contributed by atoms with Crippen LogP contribution in [-0.4, -0.2) is 22.4 Å². The number of esters is 1. The van der Waals surface area contributed by atoms with E-state index in [-0.39, 0.29) is 5.91 Å². The molecule has 1 amide bonds. The molecule has 1 aromatic carbocycles. The van der Waals surface area contributed by atoms with Gasteiger partial charge in [0.25, 0.3) is 5.91 Å². The maximum absolute atomic E-state index is 12.8. The van der Waals surface area contributed by atoms with Gasteiger partial charge in [-0.2, -0.15) is 0 Å². The molecule has 0 bridgehead atoms. The highest BCUT2D eigenvalue weighted by Gasteiger charge is 2.29. The Morgan fingerprint density at radius 3 is 2.65 bits per heavy atom. The van der Waals surface area contributed by atoms with Crippen LogP contribution in [0.25, 0.3) is 10.9 Å². The Labute approximate surface area is 156 Å². The summed E-state index contributed by atoms with van der Waals surface area (Å²) in [6.45, 7) is 5.65. The fourth-order valence-corrected chi connectivity index (χ4v) is 3.13. The van der Waals surface area contributed by atoms with Gasteiger partial charge in [-0.25, -0.2) is 4.79 Å². The van der Waals surface area contributed by atoms with Crippen molar-refractivity contribution in [3.05, 3.63) is 64.5 Å². The molecule has 5 nitrogen and oxygen atoms in total. The largest absolute Gasteiger partial charge is 0.443 e. The van der Waals surface area contributed by atoms with E-state index >= 15 is 0 Å². The first-order valence-corrected chi connectivity index (χ1v) is 9.13. The lowest BCUT2D eigenvalue weighted by Crippen LogP contribution is -2.44. The van der Waals surface area contributed by atoms with Crippen LogP contribution in [0.15, 0.2) is 54.0 Å². The van der Waals surface area contributed by atoms with Gasteiger partial charge in [-0.05, 0) is 50.4 Å². The highest BCUT2D eigenvalue weighted by molar-refractivity contribution is 7.11. The van der Waals surface area contributed by atoms with Crippen LogP contribution in [0.5, 0.6) is 0 Å². The maximum Gasteiger partial charge on any atom is 0.349 e. The van der Waals surface area contributed by atoms with E-state index in [0.29, 0.717) is 10.4 Å². The molecule has 2 aromatic heterocycles. The summed E-state index contributed by atoms with van der Waals surface area (Å²) in [5.74, 6) is -0.869. The van der Waals surface area contributed by atoms with Crippen molar-refractivity contribution in [3.63, 3.8) is 0 Å². The number of pyridine rings is 1. The fraction of sp³-hybridized carbons (Fsp3) is 0.250. The molecule has 0 aliphatic rings. The topological polar surface area (TPSA) is 68.3 Å². The van der Waals surface area contributed by atoms with Crippen LogP contribution in [-0.2, 0) is 9.53 Å². The van der Waals surface area contributed by atoms with Crippen LogP contribution in [0, 0.1) is 0 Å². The normalized spacial score (nSPS) is 12.6. The smallest absolute Gasteiger partial charge is 0.349 e. The number of benzene rings is 1. The van der Waals surface area contributed by atoms with Crippen molar-refractivity contribution in [1.82, 2.24) is 10.3 Å². The van der Waals surface area contributed by atoms with Gasteiger partial charge in [0.2, 0.25) is 6.10 Å². The zero-order valence-corrected chi connectivity index (χ0v) is 15.7.